The molecule has 0 spiro atoms. The van der Waals surface area contributed by atoms with Crippen molar-refractivity contribution in [1.82, 2.24) is 4.98 Å². The number of ether oxygens (including phenoxy) is 1. The summed E-state index contributed by atoms with van der Waals surface area (Å²) in [6.07, 6.45) is 4.96. The van der Waals surface area contributed by atoms with E-state index in [4.69, 9.17) is 4.74 Å². The number of esters is 1. The molecule has 0 bridgehead atoms. The molecule has 0 atom stereocenters. The molecule has 0 aliphatic carbocycles. The molecule has 1 aromatic rings. The summed E-state index contributed by atoms with van der Waals surface area (Å²) >= 11 is 0. The Morgan fingerprint density at radius 2 is 2.18 bits per heavy atom. The van der Waals surface area contributed by atoms with E-state index in [1.165, 1.54) is 6.08 Å². The van der Waals surface area contributed by atoms with Crippen LogP contribution in [0.5, 0.6) is 0 Å². The largest absolute Gasteiger partial charge is 0.463 e. The first-order chi connectivity index (χ1) is 7.95. The molecule has 0 fully saturated rings. The molecule has 3 heteroatoms. The Kier molecular flexibility index (Phi) is 4.44. The van der Waals surface area contributed by atoms with Crippen LogP contribution in [0.15, 0.2) is 24.4 Å². The smallest absolute Gasteiger partial charge is 0.330 e. The Morgan fingerprint density at radius 3 is 2.76 bits per heavy atom. The third-order valence-corrected chi connectivity index (χ3v) is 2.23. The lowest BCUT2D eigenvalue weighted by Crippen LogP contribution is -2.15. The highest BCUT2D eigenvalue weighted by Crippen LogP contribution is 2.24. The molecule has 0 saturated heterocycles. The zero-order valence-electron chi connectivity index (χ0n) is 10.9. The van der Waals surface area contributed by atoms with Crippen LogP contribution in [0.3, 0.4) is 0 Å². The number of hydrogen-bond acceptors (Lipinski definition) is 3. The summed E-state index contributed by atoms with van der Waals surface area (Å²) in [5.74, 6) is -0.323. The number of pyridine rings is 1. The van der Waals surface area contributed by atoms with Crippen LogP contribution in [-0.2, 0) is 14.9 Å². The fraction of sp³-hybridized carbons (Fsp3) is 0.429. The Hall–Kier alpha value is -1.64. The lowest BCUT2D eigenvalue weighted by Gasteiger charge is -2.19. The highest BCUT2D eigenvalue weighted by Gasteiger charge is 2.17. The first-order valence-electron chi connectivity index (χ1n) is 5.75. The standard InChI is InChI=1S/C14H19NO2/c1-5-17-12(16)9-8-11-7-6-10-15-13(11)14(2,3)4/h6-10H,5H2,1-4H3/b9-8+. The summed E-state index contributed by atoms with van der Waals surface area (Å²) in [5, 5.41) is 0. The average Bonchev–Trinajstić information content (AvgIpc) is 2.26. The van der Waals surface area contributed by atoms with Crippen LogP contribution >= 0.6 is 0 Å². The van der Waals surface area contributed by atoms with Gasteiger partial charge in [-0.15, -0.1) is 0 Å². The van der Waals surface area contributed by atoms with Gasteiger partial charge in [-0.3, -0.25) is 4.98 Å². The van der Waals surface area contributed by atoms with E-state index < -0.39 is 0 Å². The zero-order valence-corrected chi connectivity index (χ0v) is 10.9. The zero-order chi connectivity index (χ0) is 12.9. The third kappa shape index (κ3) is 4.02. The number of nitrogens with zero attached hydrogens (tertiary/aromatic N) is 1. The first-order valence-corrected chi connectivity index (χ1v) is 5.75. The molecule has 0 aliphatic heterocycles. The number of hydrogen-bond donors (Lipinski definition) is 0. The van der Waals surface area contributed by atoms with Crippen LogP contribution in [-0.4, -0.2) is 17.6 Å². The molecule has 3 nitrogen and oxygen atoms in total. The van der Waals surface area contributed by atoms with E-state index in [0.717, 1.165) is 11.3 Å². The van der Waals surface area contributed by atoms with Gasteiger partial charge >= 0.3 is 5.97 Å². The molecule has 0 saturated carbocycles. The molecule has 0 unspecified atom stereocenters. The van der Waals surface area contributed by atoms with Gasteiger partial charge in [0.05, 0.1) is 12.3 Å². The van der Waals surface area contributed by atoms with Crippen molar-refractivity contribution in [2.24, 2.45) is 0 Å². The van der Waals surface area contributed by atoms with E-state index in [9.17, 15) is 4.79 Å². The Bertz CT molecular complexity index is 416. The number of aromatic nitrogens is 1. The van der Waals surface area contributed by atoms with Crippen LogP contribution < -0.4 is 0 Å². The summed E-state index contributed by atoms with van der Waals surface area (Å²) in [7, 11) is 0. The molecule has 17 heavy (non-hydrogen) atoms. The highest BCUT2D eigenvalue weighted by atomic mass is 16.5. The summed E-state index contributed by atoms with van der Waals surface area (Å²) in [6.45, 7) is 8.46. The molecular weight excluding hydrogens is 214 g/mol. The third-order valence-electron chi connectivity index (χ3n) is 2.23. The van der Waals surface area contributed by atoms with Gasteiger partial charge in [0.2, 0.25) is 0 Å². The van der Waals surface area contributed by atoms with E-state index >= 15 is 0 Å². The summed E-state index contributed by atoms with van der Waals surface area (Å²) in [5.41, 5.74) is 1.88. The monoisotopic (exact) mass is 233 g/mol. The minimum atomic E-state index is -0.323. The molecule has 0 aliphatic rings. The Labute approximate surface area is 103 Å². The van der Waals surface area contributed by atoms with Crippen LogP contribution in [0.2, 0.25) is 0 Å². The summed E-state index contributed by atoms with van der Waals surface area (Å²) in [6, 6.07) is 3.81. The van der Waals surface area contributed by atoms with Crippen LogP contribution in [0.4, 0.5) is 0 Å². The van der Waals surface area contributed by atoms with E-state index in [0.29, 0.717) is 6.61 Å². The number of carbonyl (C=O) groups is 1. The molecule has 0 N–H and O–H groups in total. The summed E-state index contributed by atoms with van der Waals surface area (Å²) < 4.78 is 4.84. The SMILES string of the molecule is CCOC(=O)/C=C/c1cccnc1C(C)(C)C. The van der Waals surface area contributed by atoms with Crippen molar-refractivity contribution in [3.63, 3.8) is 0 Å². The van der Waals surface area contributed by atoms with Gasteiger partial charge in [-0.05, 0) is 24.6 Å². The van der Waals surface area contributed by atoms with Crippen molar-refractivity contribution in [2.45, 2.75) is 33.1 Å². The van der Waals surface area contributed by atoms with Crippen molar-refractivity contribution < 1.29 is 9.53 Å². The van der Waals surface area contributed by atoms with Gasteiger partial charge in [-0.25, -0.2) is 4.79 Å². The lowest BCUT2D eigenvalue weighted by molar-refractivity contribution is -0.137. The van der Waals surface area contributed by atoms with E-state index in [-0.39, 0.29) is 11.4 Å². The highest BCUT2D eigenvalue weighted by molar-refractivity contribution is 5.87. The molecule has 92 valence electrons. The molecule has 1 aromatic heterocycles. The quantitative estimate of drug-likeness (QED) is 0.595. The van der Waals surface area contributed by atoms with Crippen LogP contribution in [0, 0.1) is 0 Å². The van der Waals surface area contributed by atoms with Gasteiger partial charge in [0, 0.05) is 17.7 Å². The fourth-order valence-corrected chi connectivity index (χ4v) is 1.53. The minimum absolute atomic E-state index is 0.0460. The molecule has 0 radical (unpaired) electrons. The molecule has 1 rings (SSSR count). The van der Waals surface area contributed by atoms with E-state index in [1.807, 2.05) is 12.1 Å². The second kappa shape index (κ2) is 5.62. The average molecular weight is 233 g/mol. The molecule has 0 amide bonds. The number of carbonyl (C=O) groups excluding carboxylic acids is 1. The van der Waals surface area contributed by atoms with Gasteiger partial charge in [0.1, 0.15) is 0 Å². The minimum Gasteiger partial charge on any atom is -0.463 e. The Morgan fingerprint density at radius 1 is 1.47 bits per heavy atom. The Balaban J connectivity index is 2.95. The molecular formula is C14H19NO2. The maximum Gasteiger partial charge on any atom is 0.330 e. The maximum atomic E-state index is 11.2. The second-order valence-electron chi connectivity index (χ2n) is 4.78. The summed E-state index contributed by atoms with van der Waals surface area (Å²) in [4.78, 5) is 15.6. The number of rotatable bonds is 3. The van der Waals surface area contributed by atoms with Crippen LogP contribution in [0.25, 0.3) is 6.08 Å². The van der Waals surface area contributed by atoms with Crippen molar-refractivity contribution in [3.8, 4) is 0 Å². The normalized spacial score (nSPS) is 11.8. The van der Waals surface area contributed by atoms with Crippen molar-refractivity contribution >= 4 is 12.0 Å². The lowest BCUT2D eigenvalue weighted by atomic mass is 9.88. The fourth-order valence-electron chi connectivity index (χ4n) is 1.53. The van der Waals surface area contributed by atoms with Crippen molar-refractivity contribution in [2.75, 3.05) is 6.61 Å². The van der Waals surface area contributed by atoms with Gasteiger partial charge in [0.25, 0.3) is 0 Å². The topological polar surface area (TPSA) is 39.2 Å². The van der Waals surface area contributed by atoms with Crippen LogP contribution in [0.1, 0.15) is 39.0 Å². The van der Waals surface area contributed by atoms with Gasteiger partial charge in [-0.2, -0.15) is 0 Å². The predicted octanol–water partition coefficient (Wildman–Crippen LogP) is 2.96. The van der Waals surface area contributed by atoms with E-state index in [1.54, 1.807) is 19.2 Å². The predicted molar refractivity (Wildman–Crippen MR) is 68.6 cm³/mol. The van der Waals surface area contributed by atoms with Gasteiger partial charge < -0.3 is 4.74 Å². The van der Waals surface area contributed by atoms with E-state index in [2.05, 4.69) is 25.8 Å². The maximum absolute atomic E-state index is 11.2. The van der Waals surface area contributed by atoms with Crippen molar-refractivity contribution in [3.05, 3.63) is 35.7 Å². The van der Waals surface area contributed by atoms with Gasteiger partial charge in [0.15, 0.2) is 0 Å². The second-order valence-corrected chi connectivity index (χ2v) is 4.78. The molecule has 1 heterocycles. The van der Waals surface area contributed by atoms with Crippen molar-refractivity contribution in [1.29, 1.82) is 0 Å². The first kappa shape index (κ1) is 13.4. The molecule has 0 aromatic carbocycles. The van der Waals surface area contributed by atoms with Gasteiger partial charge in [-0.1, -0.05) is 26.8 Å².